The summed E-state index contributed by atoms with van der Waals surface area (Å²) in [5, 5.41) is 6.11. The summed E-state index contributed by atoms with van der Waals surface area (Å²) in [7, 11) is 0. The van der Waals surface area contributed by atoms with Crippen molar-refractivity contribution in [3.05, 3.63) is 81.1 Å². The highest BCUT2D eigenvalue weighted by Gasteiger charge is 2.47. The molecule has 42 heavy (non-hydrogen) atoms. The molecule has 0 aliphatic carbocycles. The Hall–Kier alpha value is -3.22. The molecule has 7 nitrogen and oxygen atoms in total. The summed E-state index contributed by atoms with van der Waals surface area (Å²) in [6, 6.07) is 9.96. The Balaban J connectivity index is 1.33. The zero-order chi connectivity index (χ0) is 30.3. The quantitative estimate of drug-likeness (QED) is 0.314. The lowest BCUT2D eigenvalue weighted by atomic mass is 9.86. The van der Waals surface area contributed by atoms with Gasteiger partial charge in [0.15, 0.2) is 0 Å². The van der Waals surface area contributed by atoms with Gasteiger partial charge >= 0.3 is 12.1 Å². The SMILES string of the molecule is Cc1cc(C2CCN(C(=O)[C@@H]3CN(OC(=O)C(F)(F)F)C[C@H]3c3ccc(F)cc3F)CC2)n(-c2ccc(Cl)c(Cl)c2)n1. The van der Waals surface area contributed by atoms with Gasteiger partial charge in [-0.15, -0.1) is 5.06 Å². The third kappa shape index (κ3) is 6.25. The lowest BCUT2D eigenvalue weighted by Crippen LogP contribution is -2.43. The first-order chi connectivity index (χ1) is 19.8. The van der Waals surface area contributed by atoms with Crippen molar-refractivity contribution in [1.29, 1.82) is 0 Å². The van der Waals surface area contributed by atoms with Gasteiger partial charge in [0.1, 0.15) is 11.6 Å². The Morgan fingerprint density at radius 3 is 2.33 bits per heavy atom. The van der Waals surface area contributed by atoms with Crippen LogP contribution in [-0.2, 0) is 14.4 Å². The van der Waals surface area contributed by atoms with Crippen LogP contribution in [0.2, 0.25) is 10.0 Å². The number of rotatable bonds is 5. The predicted molar refractivity (Wildman–Crippen MR) is 143 cm³/mol. The van der Waals surface area contributed by atoms with Gasteiger partial charge in [-0.1, -0.05) is 29.3 Å². The van der Waals surface area contributed by atoms with Crippen LogP contribution in [0.5, 0.6) is 0 Å². The maximum Gasteiger partial charge on any atom is 0.492 e. The third-order valence-corrected chi connectivity index (χ3v) is 8.38. The first kappa shape index (κ1) is 30.2. The zero-order valence-electron chi connectivity index (χ0n) is 22.2. The van der Waals surface area contributed by atoms with Gasteiger partial charge in [0, 0.05) is 49.8 Å². The molecule has 0 saturated carbocycles. The van der Waals surface area contributed by atoms with Gasteiger partial charge in [-0.3, -0.25) is 4.79 Å². The van der Waals surface area contributed by atoms with Crippen molar-refractivity contribution < 1.29 is 36.4 Å². The van der Waals surface area contributed by atoms with Crippen LogP contribution < -0.4 is 0 Å². The van der Waals surface area contributed by atoms with E-state index in [4.69, 9.17) is 23.2 Å². The topological polar surface area (TPSA) is 67.7 Å². The molecule has 0 unspecified atom stereocenters. The van der Waals surface area contributed by atoms with Crippen molar-refractivity contribution in [3.63, 3.8) is 0 Å². The van der Waals surface area contributed by atoms with Crippen LogP contribution in [0.1, 0.15) is 41.6 Å². The van der Waals surface area contributed by atoms with Crippen LogP contribution in [0.4, 0.5) is 22.0 Å². The minimum Gasteiger partial charge on any atom is -0.361 e. The molecule has 2 fully saturated rings. The Morgan fingerprint density at radius 1 is 0.976 bits per heavy atom. The second-order valence-electron chi connectivity index (χ2n) is 10.4. The number of nitrogens with zero attached hydrogens (tertiary/aromatic N) is 4. The van der Waals surface area contributed by atoms with Crippen LogP contribution >= 0.6 is 23.2 Å². The molecular formula is C28H25Cl2F5N4O3. The molecule has 2 aliphatic rings. The molecule has 224 valence electrons. The van der Waals surface area contributed by atoms with Gasteiger partial charge in [0.05, 0.1) is 27.3 Å². The number of aryl methyl sites for hydroxylation is 1. The number of alkyl halides is 3. The number of benzene rings is 2. The van der Waals surface area contributed by atoms with Crippen molar-refractivity contribution in [3.8, 4) is 5.69 Å². The Bertz CT molecular complexity index is 1510. The van der Waals surface area contributed by atoms with Crippen LogP contribution in [0.3, 0.4) is 0 Å². The van der Waals surface area contributed by atoms with Gasteiger partial charge in [-0.2, -0.15) is 18.3 Å². The molecule has 5 rings (SSSR count). The summed E-state index contributed by atoms with van der Waals surface area (Å²) in [5.41, 5.74) is 2.40. The summed E-state index contributed by atoms with van der Waals surface area (Å²) < 4.78 is 68.6. The number of piperidine rings is 1. The maximum absolute atomic E-state index is 14.7. The fraction of sp³-hybridized carbons (Fsp3) is 0.393. The van der Waals surface area contributed by atoms with Crippen LogP contribution in [0.25, 0.3) is 5.69 Å². The molecule has 2 aliphatic heterocycles. The van der Waals surface area contributed by atoms with Crippen molar-refractivity contribution in [2.75, 3.05) is 26.2 Å². The second-order valence-corrected chi connectivity index (χ2v) is 11.2. The van der Waals surface area contributed by atoms with Gasteiger partial charge < -0.3 is 9.74 Å². The predicted octanol–water partition coefficient (Wildman–Crippen LogP) is 6.21. The van der Waals surface area contributed by atoms with E-state index >= 15 is 0 Å². The fourth-order valence-electron chi connectivity index (χ4n) is 5.64. The highest BCUT2D eigenvalue weighted by Crippen LogP contribution is 2.38. The number of likely N-dealkylation sites (tertiary alicyclic amines) is 1. The van der Waals surface area contributed by atoms with E-state index in [0.717, 1.165) is 34.3 Å². The van der Waals surface area contributed by atoms with E-state index in [-0.39, 0.29) is 24.6 Å². The standard InChI is InChI=1S/C28H25Cl2F5N4O3/c1-15-10-25(39(36-15)18-3-5-22(29)23(30)12-18)16-6-8-37(9-7-16)26(40)21-14-38(42-27(41)28(33,34)35)13-20(21)19-4-2-17(31)11-24(19)32/h2-5,10-12,16,20-21H,6-9,13-14H2,1H3/t20-,21+/m0/s1. The van der Waals surface area contributed by atoms with Crippen molar-refractivity contribution in [2.24, 2.45) is 5.92 Å². The molecule has 3 aromatic rings. The Kier molecular flexibility index (Phi) is 8.51. The summed E-state index contributed by atoms with van der Waals surface area (Å²) in [6.07, 6.45) is -4.12. The number of carbonyl (C=O) groups excluding carboxylic acids is 2. The van der Waals surface area contributed by atoms with Crippen molar-refractivity contribution >= 4 is 35.1 Å². The van der Waals surface area contributed by atoms with Crippen molar-refractivity contribution in [1.82, 2.24) is 19.7 Å². The average molecular weight is 631 g/mol. The largest absolute Gasteiger partial charge is 0.492 e. The molecular weight excluding hydrogens is 606 g/mol. The maximum atomic E-state index is 14.7. The smallest absolute Gasteiger partial charge is 0.361 e. The average Bonchev–Trinajstić information content (AvgIpc) is 3.53. The Labute approximate surface area is 247 Å². The van der Waals surface area contributed by atoms with E-state index < -0.39 is 41.5 Å². The zero-order valence-corrected chi connectivity index (χ0v) is 23.7. The molecule has 1 amide bonds. The molecule has 2 saturated heterocycles. The van der Waals surface area contributed by atoms with E-state index in [2.05, 4.69) is 9.94 Å². The minimum atomic E-state index is -5.25. The van der Waals surface area contributed by atoms with Crippen LogP contribution in [0.15, 0.2) is 42.5 Å². The summed E-state index contributed by atoms with van der Waals surface area (Å²) in [4.78, 5) is 31.2. The van der Waals surface area contributed by atoms with Gasteiger partial charge in [0.25, 0.3) is 0 Å². The monoisotopic (exact) mass is 630 g/mol. The first-order valence-electron chi connectivity index (χ1n) is 13.1. The molecule has 0 radical (unpaired) electrons. The van der Waals surface area contributed by atoms with E-state index in [9.17, 15) is 31.5 Å². The van der Waals surface area contributed by atoms with Gasteiger partial charge in [-0.05, 0) is 55.7 Å². The summed E-state index contributed by atoms with van der Waals surface area (Å²) in [5.74, 6) is -6.59. The molecule has 0 bridgehead atoms. The van der Waals surface area contributed by atoms with Gasteiger partial charge in [-0.25, -0.2) is 18.3 Å². The lowest BCUT2D eigenvalue weighted by Gasteiger charge is -2.34. The molecule has 0 N–H and O–H groups in total. The number of hydroxylamine groups is 2. The molecule has 0 spiro atoms. The summed E-state index contributed by atoms with van der Waals surface area (Å²) in [6.45, 7) is 1.78. The van der Waals surface area contributed by atoms with Crippen LogP contribution in [-0.4, -0.2) is 64.0 Å². The number of hydrogen-bond acceptors (Lipinski definition) is 5. The summed E-state index contributed by atoms with van der Waals surface area (Å²) >= 11 is 12.3. The lowest BCUT2D eigenvalue weighted by molar-refractivity contribution is -0.235. The van der Waals surface area contributed by atoms with E-state index in [1.807, 2.05) is 13.0 Å². The minimum absolute atomic E-state index is 0.0304. The second kappa shape index (κ2) is 11.8. The number of hydrogen-bond donors (Lipinski definition) is 0. The van der Waals surface area contributed by atoms with Crippen LogP contribution in [0, 0.1) is 24.5 Å². The molecule has 3 heterocycles. The van der Waals surface area contributed by atoms with Gasteiger partial charge in [0.2, 0.25) is 5.91 Å². The first-order valence-corrected chi connectivity index (χ1v) is 13.9. The number of amides is 1. The number of halogens is 7. The van der Waals surface area contributed by atoms with E-state index in [0.29, 0.717) is 42.0 Å². The molecule has 2 aromatic carbocycles. The van der Waals surface area contributed by atoms with E-state index in [1.54, 1.807) is 27.8 Å². The molecule has 1 aromatic heterocycles. The van der Waals surface area contributed by atoms with Crippen molar-refractivity contribution in [2.45, 2.75) is 37.8 Å². The fourth-order valence-corrected chi connectivity index (χ4v) is 5.94. The highest BCUT2D eigenvalue weighted by atomic mass is 35.5. The van der Waals surface area contributed by atoms with E-state index in [1.165, 1.54) is 0 Å². The third-order valence-electron chi connectivity index (χ3n) is 7.64. The Morgan fingerprint density at radius 2 is 1.69 bits per heavy atom. The highest BCUT2D eigenvalue weighted by molar-refractivity contribution is 6.42. The number of carbonyl (C=O) groups is 2. The molecule has 14 heteroatoms. The number of aromatic nitrogens is 2. The normalized spacial score (nSPS) is 20.2. The molecule has 2 atom stereocenters.